The number of aromatic nitrogens is 2. The van der Waals surface area contributed by atoms with Crippen molar-refractivity contribution in [1.82, 2.24) is 9.97 Å². The summed E-state index contributed by atoms with van der Waals surface area (Å²) in [6.45, 7) is 1.14. The van der Waals surface area contributed by atoms with Crippen molar-refractivity contribution >= 4 is 52.4 Å². The van der Waals surface area contributed by atoms with E-state index in [1.807, 2.05) is 35.2 Å². The first-order valence-corrected chi connectivity index (χ1v) is 12.5. The molecule has 36 heavy (non-hydrogen) atoms. The van der Waals surface area contributed by atoms with E-state index in [2.05, 4.69) is 9.97 Å². The van der Waals surface area contributed by atoms with Gasteiger partial charge in [0.05, 0.1) is 22.7 Å². The van der Waals surface area contributed by atoms with E-state index in [0.29, 0.717) is 31.7 Å². The number of rotatable bonds is 8. The van der Waals surface area contributed by atoms with Gasteiger partial charge >= 0.3 is 5.97 Å². The molecule has 0 bridgehead atoms. The zero-order valence-electron chi connectivity index (χ0n) is 19.3. The summed E-state index contributed by atoms with van der Waals surface area (Å²) in [5, 5.41) is 10.4. The molecule has 0 spiro atoms. The van der Waals surface area contributed by atoms with E-state index in [4.69, 9.17) is 39.5 Å². The van der Waals surface area contributed by atoms with E-state index in [0.717, 1.165) is 5.56 Å². The lowest BCUT2D eigenvalue weighted by atomic mass is 9.76. The zero-order chi connectivity index (χ0) is 25.7. The van der Waals surface area contributed by atoms with Crippen LogP contribution >= 0.6 is 34.8 Å². The molecule has 1 fully saturated rings. The van der Waals surface area contributed by atoms with Crippen LogP contribution in [0.25, 0.3) is 0 Å². The van der Waals surface area contributed by atoms with Crippen LogP contribution in [0.5, 0.6) is 0 Å². The van der Waals surface area contributed by atoms with Crippen molar-refractivity contribution in [3.63, 3.8) is 0 Å². The van der Waals surface area contributed by atoms with Gasteiger partial charge in [0.25, 0.3) is 0 Å². The van der Waals surface area contributed by atoms with Gasteiger partial charge in [-0.1, -0.05) is 71.2 Å². The number of carbonyl (C=O) groups is 2. The molecule has 1 aliphatic rings. The molecule has 0 atom stereocenters. The van der Waals surface area contributed by atoms with Crippen LogP contribution in [-0.2, 0) is 16.1 Å². The van der Waals surface area contributed by atoms with E-state index >= 15 is 0 Å². The number of aliphatic hydroxyl groups excluding tert-OH is 1. The van der Waals surface area contributed by atoms with Crippen LogP contribution in [0.2, 0.25) is 15.2 Å². The third-order valence-electron chi connectivity index (χ3n) is 6.37. The lowest BCUT2D eigenvalue weighted by Gasteiger charge is -2.40. The summed E-state index contributed by atoms with van der Waals surface area (Å²) in [5.41, 5.74) is 0.514. The normalized spacial score (nSPS) is 14.9. The molecular weight excluding hydrogens is 525 g/mol. The molecule has 7 nitrogen and oxygen atoms in total. The van der Waals surface area contributed by atoms with Gasteiger partial charge in [-0.25, -0.2) is 9.97 Å². The molecule has 2 heterocycles. The highest BCUT2D eigenvalue weighted by molar-refractivity contribution is 6.44. The van der Waals surface area contributed by atoms with Gasteiger partial charge in [0.1, 0.15) is 18.1 Å². The molecule has 2 aromatic carbocycles. The molecule has 3 aromatic rings. The lowest BCUT2D eigenvalue weighted by molar-refractivity contribution is -0.149. The largest absolute Gasteiger partial charge is 0.461 e. The molecular formula is C26H24Cl3N3O4. The molecule has 0 saturated carbocycles. The molecule has 0 amide bonds. The Bertz CT molecular complexity index is 1250. The summed E-state index contributed by atoms with van der Waals surface area (Å²) >= 11 is 18.5. The van der Waals surface area contributed by atoms with Crippen molar-refractivity contribution in [2.45, 2.75) is 25.9 Å². The number of esters is 1. The van der Waals surface area contributed by atoms with Gasteiger partial charge in [0, 0.05) is 30.7 Å². The number of anilines is 1. The van der Waals surface area contributed by atoms with Crippen molar-refractivity contribution in [3.05, 3.63) is 86.7 Å². The summed E-state index contributed by atoms with van der Waals surface area (Å²) in [6.07, 6.45) is 2.73. The molecule has 1 aliphatic heterocycles. The van der Waals surface area contributed by atoms with Crippen molar-refractivity contribution in [2.24, 2.45) is 5.41 Å². The number of ether oxygens (including phenoxy) is 1. The van der Waals surface area contributed by atoms with Crippen LogP contribution in [0.4, 0.5) is 5.82 Å². The molecule has 1 saturated heterocycles. The fraction of sp³-hybridized carbons (Fsp3) is 0.308. The number of halogens is 3. The molecule has 1 aromatic heterocycles. The number of ketones is 1. The second-order valence-corrected chi connectivity index (χ2v) is 9.91. The van der Waals surface area contributed by atoms with E-state index < -0.39 is 11.2 Å². The Morgan fingerprint density at radius 1 is 1.03 bits per heavy atom. The average molecular weight is 549 g/mol. The number of piperidine rings is 1. The van der Waals surface area contributed by atoms with Gasteiger partial charge in [-0.3, -0.25) is 9.59 Å². The first-order valence-electron chi connectivity index (χ1n) is 11.4. The Hall–Kier alpha value is -2.71. The number of hydrogen-bond acceptors (Lipinski definition) is 7. The fourth-order valence-corrected chi connectivity index (χ4v) is 4.77. The SMILES string of the molecule is O=C(CC1(CO)CCN(c2cnc(C(=O)c3cccc(Cl)c3Cl)c(Cl)n2)CC1)OCc1ccccc1. The van der Waals surface area contributed by atoms with Crippen LogP contribution in [0.3, 0.4) is 0 Å². The number of benzene rings is 2. The molecule has 0 radical (unpaired) electrons. The number of nitrogens with zero attached hydrogens (tertiary/aromatic N) is 3. The molecule has 10 heteroatoms. The second-order valence-electron chi connectivity index (χ2n) is 8.77. The third kappa shape index (κ3) is 5.98. The van der Waals surface area contributed by atoms with Crippen molar-refractivity contribution in [3.8, 4) is 0 Å². The van der Waals surface area contributed by atoms with E-state index in [1.54, 1.807) is 18.2 Å². The molecule has 0 unspecified atom stereocenters. The van der Waals surface area contributed by atoms with Gasteiger partial charge in [0.15, 0.2) is 5.15 Å². The predicted molar refractivity (Wildman–Crippen MR) is 139 cm³/mol. The minimum atomic E-state index is -0.569. The Kier molecular flexibility index (Phi) is 8.46. The summed E-state index contributed by atoms with van der Waals surface area (Å²) < 4.78 is 5.42. The lowest BCUT2D eigenvalue weighted by Crippen LogP contribution is -2.43. The molecule has 4 rings (SSSR count). The first-order chi connectivity index (χ1) is 17.3. The highest BCUT2D eigenvalue weighted by Gasteiger charge is 2.37. The van der Waals surface area contributed by atoms with Gasteiger partial charge < -0.3 is 14.7 Å². The molecule has 1 N–H and O–H groups in total. The minimum absolute atomic E-state index is 0.0209. The van der Waals surface area contributed by atoms with Crippen LogP contribution < -0.4 is 4.90 Å². The average Bonchev–Trinajstić information content (AvgIpc) is 2.89. The number of hydrogen-bond donors (Lipinski definition) is 1. The fourth-order valence-electron chi connectivity index (χ4n) is 4.17. The predicted octanol–water partition coefficient (Wildman–Crippen LogP) is 5.38. The standard InChI is InChI=1S/C26H24Cl3N3O4/c27-19-8-4-7-18(22(19)28)24(35)23-25(29)31-20(14-30-23)32-11-9-26(16-33,10-12-32)13-21(34)36-15-17-5-2-1-3-6-17/h1-8,14,33H,9-13,15-16H2. The van der Waals surface area contributed by atoms with Crippen molar-refractivity contribution in [2.75, 3.05) is 24.6 Å². The quantitative estimate of drug-likeness (QED) is 0.298. The smallest absolute Gasteiger partial charge is 0.306 e. The van der Waals surface area contributed by atoms with Gasteiger partial charge in [0.2, 0.25) is 5.78 Å². The van der Waals surface area contributed by atoms with Crippen molar-refractivity contribution < 1.29 is 19.4 Å². The maximum absolute atomic E-state index is 12.9. The zero-order valence-corrected chi connectivity index (χ0v) is 21.6. The Morgan fingerprint density at radius 2 is 1.75 bits per heavy atom. The summed E-state index contributed by atoms with van der Waals surface area (Å²) in [6, 6.07) is 14.2. The maximum atomic E-state index is 12.9. The highest BCUT2D eigenvalue weighted by Crippen LogP contribution is 2.37. The number of carbonyl (C=O) groups excluding carboxylic acids is 2. The Morgan fingerprint density at radius 3 is 2.42 bits per heavy atom. The van der Waals surface area contributed by atoms with Gasteiger partial charge in [-0.15, -0.1) is 0 Å². The van der Waals surface area contributed by atoms with E-state index in [-0.39, 0.29) is 52.1 Å². The summed E-state index contributed by atoms with van der Waals surface area (Å²) in [4.78, 5) is 35.9. The van der Waals surface area contributed by atoms with Crippen molar-refractivity contribution in [1.29, 1.82) is 0 Å². The number of aliphatic hydroxyl groups is 1. The third-order valence-corrected chi connectivity index (χ3v) is 7.46. The van der Waals surface area contributed by atoms with Crippen LogP contribution in [-0.4, -0.2) is 46.5 Å². The Balaban J connectivity index is 1.38. The van der Waals surface area contributed by atoms with Gasteiger partial charge in [-0.2, -0.15) is 0 Å². The summed E-state index contributed by atoms with van der Waals surface area (Å²) in [5.74, 6) is -0.308. The van der Waals surface area contributed by atoms with Crippen LogP contribution in [0, 0.1) is 5.41 Å². The van der Waals surface area contributed by atoms with E-state index in [9.17, 15) is 14.7 Å². The minimum Gasteiger partial charge on any atom is -0.461 e. The monoisotopic (exact) mass is 547 g/mol. The van der Waals surface area contributed by atoms with E-state index in [1.165, 1.54) is 6.20 Å². The summed E-state index contributed by atoms with van der Waals surface area (Å²) in [7, 11) is 0. The van der Waals surface area contributed by atoms with Gasteiger partial charge in [-0.05, 0) is 30.5 Å². The Labute approximate surface area is 224 Å². The highest BCUT2D eigenvalue weighted by atomic mass is 35.5. The van der Waals surface area contributed by atoms with Crippen LogP contribution in [0.1, 0.15) is 40.9 Å². The molecule has 188 valence electrons. The van der Waals surface area contributed by atoms with Crippen LogP contribution in [0.15, 0.2) is 54.7 Å². The second kappa shape index (κ2) is 11.6. The first kappa shape index (κ1) is 26.4. The topological polar surface area (TPSA) is 92.6 Å². The molecule has 0 aliphatic carbocycles. The maximum Gasteiger partial charge on any atom is 0.306 e.